The molecule has 0 atom stereocenters. The minimum atomic E-state index is -0.354. The van der Waals surface area contributed by atoms with Gasteiger partial charge in [-0.2, -0.15) is 0 Å². The molecule has 4 nitrogen and oxygen atoms in total. The number of benzene rings is 3. The number of hydrogen-bond acceptors (Lipinski definition) is 3. The fourth-order valence-electron chi connectivity index (χ4n) is 2.53. The summed E-state index contributed by atoms with van der Waals surface area (Å²) in [5.74, 6) is 0.237. The Balaban J connectivity index is 1.59. The second-order valence-electron chi connectivity index (χ2n) is 5.80. The maximum Gasteiger partial charge on any atom is 0.264 e. The molecule has 7 heteroatoms. The molecule has 3 aromatic rings. The van der Waals surface area contributed by atoms with Gasteiger partial charge in [-0.25, -0.2) is 0 Å². The Morgan fingerprint density at radius 3 is 2.74 bits per heavy atom. The molecule has 0 aromatic heterocycles. The van der Waals surface area contributed by atoms with E-state index in [2.05, 4.69) is 26.6 Å². The first-order valence-corrected chi connectivity index (χ1v) is 9.69. The van der Waals surface area contributed by atoms with Crippen LogP contribution in [0.5, 0.6) is 5.75 Å². The summed E-state index contributed by atoms with van der Waals surface area (Å²) in [5, 5.41) is 8.48. The number of thiocarbonyl (C=S) groups is 1. The largest absolute Gasteiger partial charge is 0.483 e. The van der Waals surface area contributed by atoms with Crippen LogP contribution in [0.4, 0.5) is 5.69 Å². The number of carbonyl (C=O) groups is 1. The summed E-state index contributed by atoms with van der Waals surface area (Å²) >= 11 is 14.8. The van der Waals surface area contributed by atoms with E-state index in [1.165, 1.54) is 0 Å². The predicted molar refractivity (Wildman–Crippen MR) is 118 cm³/mol. The number of anilines is 1. The normalized spacial score (nSPS) is 10.5. The van der Waals surface area contributed by atoms with E-state index >= 15 is 0 Å². The SMILES string of the molecule is Cc1c(Cl)cccc1NC(=S)NC(=O)COc1ccc2ccccc2c1Br. The number of amides is 1. The third-order valence-corrected chi connectivity index (χ3v) is 5.39. The van der Waals surface area contributed by atoms with Crippen molar-refractivity contribution in [2.24, 2.45) is 0 Å². The average Bonchev–Trinajstić information content (AvgIpc) is 2.65. The lowest BCUT2D eigenvalue weighted by molar-refractivity contribution is -0.121. The van der Waals surface area contributed by atoms with Crippen molar-refractivity contribution < 1.29 is 9.53 Å². The zero-order valence-electron chi connectivity index (χ0n) is 14.4. The molecule has 3 rings (SSSR count). The van der Waals surface area contributed by atoms with Gasteiger partial charge in [0.25, 0.3) is 5.91 Å². The zero-order valence-corrected chi connectivity index (χ0v) is 17.5. The monoisotopic (exact) mass is 462 g/mol. The van der Waals surface area contributed by atoms with Crippen molar-refractivity contribution in [3.63, 3.8) is 0 Å². The van der Waals surface area contributed by atoms with Gasteiger partial charge in [-0.05, 0) is 69.6 Å². The second-order valence-corrected chi connectivity index (χ2v) is 7.41. The van der Waals surface area contributed by atoms with E-state index in [9.17, 15) is 4.79 Å². The third kappa shape index (κ3) is 4.77. The molecule has 0 spiro atoms. The molecule has 0 heterocycles. The van der Waals surface area contributed by atoms with E-state index in [1.54, 1.807) is 6.07 Å². The minimum absolute atomic E-state index is 0.159. The van der Waals surface area contributed by atoms with Gasteiger partial charge in [0.05, 0.1) is 4.47 Å². The van der Waals surface area contributed by atoms with Crippen LogP contribution in [-0.4, -0.2) is 17.6 Å². The molecule has 0 aliphatic heterocycles. The van der Waals surface area contributed by atoms with Gasteiger partial charge in [0.1, 0.15) is 5.75 Å². The van der Waals surface area contributed by atoms with E-state index < -0.39 is 0 Å². The standard InChI is InChI=1S/C20H16BrClN2O2S/c1-12-15(22)7-4-8-16(12)23-20(27)24-18(25)11-26-17-10-9-13-5-2-3-6-14(13)19(17)21/h2-10H,11H2,1H3,(H2,23,24,25,27). The molecule has 0 saturated heterocycles. The Morgan fingerprint density at radius 2 is 1.93 bits per heavy atom. The average molecular weight is 464 g/mol. The van der Waals surface area contributed by atoms with Gasteiger partial charge in [0, 0.05) is 10.7 Å². The van der Waals surface area contributed by atoms with Gasteiger partial charge in [-0.3, -0.25) is 10.1 Å². The number of carbonyl (C=O) groups excluding carboxylic acids is 1. The molecule has 0 bridgehead atoms. The van der Waals surface area contributed by atoms with E-state index in [-0.39, 0.29) is 17.6 Å². The molecule has 138 valence electrons. The van der Waals surface area contributed by atoms with Crippen LogP contribution in [0, 0.1) is 6.92 Å². The van der Waals surface area contributed by atoms with Gasteiger partial charge in [-0.15, -0.1) is 0 Å². The van der Waals surface area contributed by atoms with Gasteiger partial charge in [-0.1, -0.05) is 48.0 Å². The van der Waals surface area contributed by atoms with Crippen LogP contribution < -0.4 is 15.4 Å². The molecule has 2 N–H and O–H groups in total. The van der Waals surface area contributed by atoms with E-state index in [0.29, 0.717) is 10.8 Å². The minimum Gasteiger partial charge on any atom is -0.483 e. The number of rotatable bonds is 4. The fourth-order valence-corrected chi connectivity index (χ4v) is 3.53. The van der Waals surface area contributed by atoms with Crippen LogP contribution >= 0.6 is 39.7 Å². The third-order valence-electron chi connectivity index (χ3n) is 3.96. The van der Waals surface area contributed by atoms with Crippen molar-refractivity contribution in [1.29, 1.82) is 0 Å². The predicted octanol–water partition coefficient (Wildman–Crippen LogP) is 5.46. The number of hydrogen-bond donors (Lipinski definition) is 2. The summed E-state index contributed by atoms with van der Waals surface area (Å²) in [6.07, 6.45) is 0. The first-order valence-electron chi connectivity index (χ1n) is 8.11. The van der Waals surface area contributed by atoms with Crippen LogP contribution in [0.2, 0.25) is 5.02 Å². The number of halogens is 2. The summed E-state index contributed by atoms with van der Waals surface area (Å²) in [6.45, 7) is 1.71. The van der Waals surface area contributed by atoms with Crippen LogP contribution in [0.25, 0.3) is 10.8 Å². The Labute approximate surface area is 176 Å². The van der Waals surface area contributed by atoms with Crippen molar-refractivity contribution >= 4 is 67.2 Å². The van der Waals surface area contributed by atoms with Crippen LogP contribution in [-0.2, 0) is 4.79 Å². The Kier molecular flexibility index (Phi) is 6.31. The zero-order chi connectivity index (χ0) is 19.4. The summed E-state index contributed by atoms with van der Waals surface area (Å²) in [6, 6.07) is 17.1. The number of ether oxygens (including phenoxy) is 1. The quantitative estimate of drug-likeness (QED) is 0.505. The molecule has 1 amide bonds. The van der Waals surface area contributed by atoms with Gasteiger partial charge >= 0.3 is 0 Å². The molecule has 0 aliphatic carbocycles. The van der Waals surface area contributed by atoms with Crippen molar-refractivity contribution in [3.8, 4) is 5.75 Å². The van der Waals surface area contributed by atoms with Crippen molar-refractivity contribution in [2.75, 3.05) is 11.9 Å². The molecule has 0 fully saturated rings. The smallest absolute Gasteiger partial charge is 0.264 e. The van der Waals surface area contributed by atoms with Crippen LogP contribution in [0.15, 0.2) is 59.1 Å². The maximum atomic E-state index is 12.1. The van der Waals surface area contributed by atoms with Crippen molar-refractivity contribution in [3.05, 3.63) is 69.7 Å². The summed E-state index contributed by atoms with van der Waals surface area (Å²) < 4.78 is 6.44. The number of nitrogens with one attached hydrogen (secondary N) is 2. The van der Waals surface area contributed by atoms with E-state index in [4.69, 9.17) is 28.6 Å². The van der Waals surface area contributed by atoms with Crippen molar-refractivity contribution in [1.82, 2.24) is 5.32 Å². The molecule has 0 unspecified atom stereocenters. The lowest BCUT2D eigenvalue weighted by Gasteiger charge is -2.13. The second kappa shape index (κ2) is 8.69. The van der Waals surface area contributed by atoms with Crippen molar-refractivity contribution in [2.45, 2.75) is 6.92 Å². The highest BCUT2D eigenvalue weighted by Gasteiger charge is 2.11. The van der Waals surface area contributed by atoms with E-state index in [0.717, 1.165) is 26.5 Å². The lowest BCUT2D eigenvalue weighted by atomic mass is 10.1. The molecule has 0 saturated carbocycles. The summed E-state index contributed by atoms with van der Waals surface area (Å²) in [7, 11) is 0. The van der Waals surface area contributed by atoms with Gasteiger partial charge in [0.15, 0.2) is 11.7 Å². The van der Waals surface area contributed by atoms with E-state index in [1.807, 2.05) is 55.5 Å². The molecular weight excluding hydrogens is 448 g/mol. The molecule has 27 heavy (non-hydrogen) atoms. The van der Waals surface area contributed by atoms with Crippen LogP contribution in [0.1, 0.15) is 5.56 Å². The highest BCUT2D eigenvalue weighted by atomic mass is 79.9. The highest BCUT2D eigenvalue weighted by molar-refractivity contribution is 9.10. The topological polar surface area (TPSA) is 50.4 Å². The lowest BCUT2D eigenvalue weighted by Crippen LogP contribution is -2.37. The van der Waals surface area contributed by atoms with Gasteiger partial charge < -0.3 is 10.1 Å². The first kappa shape index (κ1) is 19.6. The maximum absolute atomic E-state index is 12.1. The summed E-state index contributed by atoms with van der Waals surface area (Å²) in [5.41, 5.74) is 1.60. The Morgan fingerprint density at radius 1 is 1.15 bits per heavy atom. The fraction of sp³-hybridized carbons (Fsp3) is 0.100. The Hall–Kier alpha value is -2.15. The molecule has 0 radical (unpaired) electrons. The molecule has 0 aliphatic rings. The number of fused-ring (bicyclic) bond motifs is 1. The first-order chi connectivity index (χ1) is 13.0. The van der Waals surface area contributed by atoms with Gasteiger partial charge in [0.2, 0.25) is 0 Å². The highest BCUT2D eigenvalue weighted by Crippen LogP contribution is 2.33. The Bertz CT molecular complexity index is 1030. The molecule has 3 aromatic carbocycles. The van der Waals surface area contributed by atoms with Crippen LogP contribution in [0.3, 0.4) is 0 Å². The molecular formula is C20H16BrClN2O2S. The summed E-state index contributed by atoms with van der Waals surface area (Å²) in [4.78, 5) is 12.1.